The molecule has 0 aliphatic heterocycles. The molecule has 1 amide bonds. The molecule has 0 aromatic heterocycles. The second-order valence-electron chi connectivity index (χ2n) is 6.09. The van der Waals surface area contributed by atoms with Crippen molar-refractivity contribution in [2.45, 2.75) is 26.2 Å². The van der Waals surface area contributed by atoms with E-state index in [1.165, 1.54) is 0 Å². The highest BCUT2D eigenvalue weighted by Gasteiger charge is 2.18. The Morgan fingerprint density at radius 1 is 1.09 bits per heavy atom. The van der Waals surface area contributed by atoms with E-state index < -0.39 is 0 Å². The lowest BCUT2D eigenvalue weighted by atomic mass is 9.86. The first-order valence-electron chi connectivity index (χ1n) is 7.14. The molecule has 0 saturated carbocycles. The van der Waals surface area contributed by atoms with Crippen molar-refractivity contribution in [2.24, 2.45) is 0 Å². The first kappa shape index (κ1) is 16.4. The van der Waals surface area contributed by atoms with Crippen LogP contribution in [0.3, 0.4) is 0 Å². The highest BCUT2D eigenvalue weighted by atomic mass is 35.5. The quantitative estimate of drug-likeness (QED) is 0.891. The average Bonchev–Trinajstić information content (AvgIpc) is 2.46. The molecule has 0 unspecified atom stereocenters. The molecule has 0 atom stereocenters. The van der Waals surface area contributed by atoms with Gasteiger partial charge in [0.2, 0.25) is 0 Å². The van der Waals surface area contributed by atoms with E-state index in [0.29, 0.717) is 10.8 Å². The molecule has 2 rings (SSSR count). The molecule has 22 heavy (non-hydrogen) atoms. The van der Waals surface area contributed by atoms with E-state index in [-0.39, 0.29) is 17.9 Å². The maximum Gasteiger partial charge on any atom is 0.262 e. The highest BCUT2D eigenvalue weighted by Crippen LogP contribution is 2.29. The van der Waals surface area contributed by atoms with Crippen LogP contribution in [-0.2, 0) is 10.2 Å². The minimum atomic E-state index is -0.188. The zero-order valence-corrected chi connectivity index (χ0v) is 13.8. The molecule has 0 saturated heterocycles. The molecular weight excluding hydrogens is 298 g/mol. The van der Waals surface area contributed by atoms with E-state index in [9.17, 15) is 4.79 Å². The number of halogens is 1. The van der Waals surface area contributed by atoms with Gasteiger partial charge in [-0.1, -0.05) is 50.6 Å². The fourth-order valence-corrected chi connectivity index (χ4v) is 2.24. The van der Waals surface area contributed by atoms with Gasteiger partial charge in [0.15, 0.2) is 6.61 Å². The van der Waals surface area contributed by atoms with Crippen LogP contribution in [0, 0.1) is 0 Å². The number of rotatable bonds is 4. The Morgan fingerprint density at radius 3 is 2.36 bits per heavy atom. The summed E-state index contributed by atoms with van der Waals surface area (Å²) in [4.78, 5) is 12.1. The summed E-state index contributed by atoms with van der Waals surface area (Å²) in [6.07, 6.45) is 0. The first-order chi connectivity index (χ1) is 10.4. The molecule has 3 nitrogen and oxygen atoms in total. The van der Waals surface area contributed by atoms with Crippen molar-refractivity contribution in [3.63, 3.8) is 0 Å². The molecule has 4 heteroatoms. The summed E-state index contributed by atoms with van der Waals surface area (Å²) in [7, 11) is 0. The van der Waals surface area contributed by atoms with Gasteiger partial charge >= 0.3 is 0 Å². The predicted molar refractivity (Wildman–Crippen MR) is 90.7 cm³/mol. The molecule has 2 aromatic carbocycles. The fraction of sp³-hybridized carbons (Fsp3) is 0.278. The second-order valence-corrected chi connectivity index (χ2v) is 6.52. The molecule has 0 bridgehead atoms. The molecule has 1 N–H and O–H groups in total. The smallest absolute Gasteiger partial charge is 0.262 e. The molecule has 0 aliphatic carbocycles. The lowest BCUT2D eigenvalue weighted by Crippen LogP contribution is -2.23. The van der Waals surface area contributed by atoms with E-state index in [2.05, 4.69) is 26.1 Å². The van der Waals surface area contributed by atoms with Crippen LogP contribution in [0.2, 0.25) is 5.02 Å². The number of hydrogen-bond donors (Lipinski definition) is 1. The Labute approximate surface area is 136 Å². The van der Waals surface area contributed by atoms with Crippen molar-refractivity contribution in [1.29, 1.82) is 0 Å². The number of anilines is 1. The third-order valence-corrected chi connectivity index (χ3v) is 3.44. The summed E-state index contributed by atoms with van der Waals surface area (Å²) in [5, 5.41) is 3.54. The van der Waals surface area contributed by atoms with Crippen molar-refractivity contribution < 1.29 is 9.53 Å². The van der Waals surface area contributed by atoms with E-state index in [1.807, 2.05) is 24.3 Å². The highest BCUT2D eigenvalue weighted by molar-refractivity contribution is 6.30. The monoisotopic (exact) mass is 317 g/mol. The Morgan fingerprint density at radius 2 is 1.73 bits per heavy atom. The lowest BCUT2D eigenvalue weighted by molar-refractivity contribution is -0.118. The van der Waals surface area contributed by atoms with Crippen LogP contribution < -0.4 is 10.1 Å². The van der Waals surface area contributed by atoms with Crippen LogP contribution in [0.5, 0.6) is 5.75 Å². The van der Waals surface area contributed by atoms with Gasteiger partial charge in [0.25, 0.3) is 5.91 Å². The normalized spacial score (nSPS) is 11.1. The predicted octanol–water partition coefficient (Wildman–Crippen LogP) is 4.66. The van der Waals surface area contributed by atoms with Crippen LogP contribution in [0.25, 0.3) is 0 Å². The maximum atomic E-state index is 12.1. The van der Waals surface area contributed by atoms with Crippen LogP contribution in [0.1, 0.15) is 26.3 Å². The van der Waals surface area contributed by atoms with Gasteiger partial charge in [-0.2, -0.15) is 0 Å². The van der Waals surface area contributed by atoms with Gasteiger partial charge in [0, 0.05) is 10.7 Å². The fourth-order valence-electron chi connectivity index (χ4n) is 2.11. The Kier molecular flexibility index (Phi) is 5.09. The number of ether oxygens (including phenoxy) is 1. The molecular formula is C18H20ClNO2. The zero-order valence-electron chi connectivity index (χ0n) is 13.0. The van der Waals surface area contributed by atoms with E-state index in [0.717, 1.165) is 11.3 Å². The molecule has 116 valence electrons. The van der Waals surface area contributed by atoms with Gasteiger partial charge in [0.05, 0.1) is 0 Å². The topological polar surface area (TPSA) is 38.3 Å². The number of hydrogen-bond acceptors (Lipinski definition) is 2. The third-order valence-electron chi connectivity index (χ3n) is 3.19. The summed E-state index contributed by atoms with van der Waals surface area (Å²) in [6.45, 7) is 6.30. The Hall–Kier alpha value is -2.00. The molecule has 2 aromatic rings. The van der Waals surface area contributed by atoms with Gasteiger partial charge in [-0.05, 0) is 41.3 Å². The summed E-state index contributed by atoms with van der Waals surface area (Å²) in [5.41, 5.74) is 1.87. The van der Waals surface area contributed by atoms with Gasteiger partial charge in [-0.15, -0.1) is 0 Å². The number of amides is 1. The van der Waals surface area contributed by atoms with Crippen molar-refractivity contribution >= 4 is 23.2 Å². The molecule has 0 radical (unpaired) electrons. The van der Waals surface area contributed by atoms with Gasteiger partial charge in [-0.25, -0.2) is 0 Å². The summed E-state index contributed by atoms with van der Waals surface area (Å²) >= 11 is 5.81. The van der Waals surface area contributed by atoms with Gasteiger partial charge < -0.3 is 10.1 Å². The third kappa shape index (κ3) is 4.50. The minimum Gasteiger partial charge on any atom is -0.484 e. The van der Waals surface area contributed by atoms with Crippen molar-refractivity contribution in [1.82, 2.24) is 0 Å². The number of carbonyl (C=O) groups excluding carboxylic acids is 1. The van der Waals surface area contributed by atoms with Crippen LogP contribution in [-0.4, -0.2) is 12.5 Å². The molecule has 0 heterocycles. The summed E-state index contributed by atoms with van der Waals surface area (Å²) in [5.74, 6) is 0.426. The lowest BCUT2D eigenvalue weighted by Gasteiger charge is -2.23. The minimum absolute atomic E-state index is 0.0408. The largest absolute Gasteiger partial charge is 0.484 e. The number of carbonyl (C=O) groups is 1. The van der Waals surface area contributed by atoms with E-state index in [1.54, 1.807) is 24.3 Å². The first-order valence-corrected chi connectivity index (χ1v) is 7.52. The number of benzene rings is 2. The SMILES string of the molecule is CC(C)(C)c1ccccc1NC(=O)COc1ccc(Cl)cc1. The van der Waals surface area contributed by atoms with Gasteiger partial charge in [-0.3, -0.25) is 4.79 Å². The number of para-hydroxylation sites is 1. The van der Waals surface area contributed by atoms with E-state index in [4.69, 9.17) is 16.3 Å². The Balaban J connectivity index is 1.99. The van der Waals surface area contributed by atoms with Crippen LogP contribution in [0.15, 0.2) is 48.5 Å². The zero-order chi connectivity index (χ0) is 16.2. The van der Waals surface area contributed by atoms with Crippen LogP contribution >= 0.6 is 11.6 Å². The second kappa shape index (κ2) is 6.84. The van der Waals surface area contributed by atoms with Crippen molar-refractivity contribution in [2.75, 3.05) is 11.9 Å². The van der Waals surface area contributed by atoms with Crippen molar-refractivity contribution in [3.05, 3.63) is 59.1 Å². The van der Waals surface area contributed by atoms with Crippen LogP contribution in [0.4, 0.5) is 5.69 Å². The average molecular weight is 318 g/mol. The van der Waals surface area contributed by atoms with Crippen molar-refractivity contribution in [3.8, 4) is 5.75 Å². The summed E-state index contributed by atoms with van der Waals surface area (Å²) < 4.78 is 5.45. The standard InChI is InChI=1S/C18H20ClNO2/c1-18(2,3)15-6-4-5-7-16(15)20-17(21)12-22-14-10-8-13(19)9-11-14/h4-11H,12H2,1-3H3,(H,20,21). The molecule has 0 spiro atoms. The molecule has 0 fully saturated rings. The maximum absolute atomic E-state index is 12.1. The number of nitrogens with one attached hydrogen (secondary N) is 1. The Bertz CT molecular complexity index is 645. The summed E-state index contributed by atoms with van der Waals surface area (Å²) in [6, 6.07) is 14.7. The van der Waals surface area contributed by atoms with E-state index >= 15 is 0 Å². The molecule has 0 aliphatic rings. The van der Waals surface area contributed by atoms with Gasteiger partial charge in [0.1, 0.15) is 5.75 Å².